The van der Waals surface area contributed by atoms with E-state index in [9.17, 15) is 4.39 Å². The van der Waals surface area contributed by atoms with Gasteiger partial charge in [0.1, 0.15) is 12.1 Å². The second kappa shape index (κ2) is 8.31. The molecule has 0 radical (unpaired) electrons. The molecule has 1 unspecified atom stereocenters. The Morgan fingerprint density at radius 1 is 1.17 bits per heavy atom. The lowest BCUT2D eigenvalue weighted by Gasteiger charge is -2.32. The molecule has 1 aliphatic heterocycles. The van der Waals surface area contributed by atoms with Gasteiger partial charge < -0.3 is 5.32 Å². The molecule has 0 bridgehead atoms. The first-order valence-corrected chi connectivity index (χ1v) is 10.4. The highest BCUT2D eigenvalue weighted by Gasteiger charge is 2.33. The van der Waals surface area contributed by atoms with E-state index in [0.29, 0.717) is 13.0 Å². The van der Waals surface area contributed by atoms with Gasteiger partial charge in [-0.05, 0) is 53.7 Å². The SMILES string of the molecule is Cl.Fc1cccc(C2=CCC(Cl)(c3ccc4c(c3)CNCc3nncn3-4)CC2)c1Cl. The highest BCUT2D eigenvalue weighted by Crippen LogP contribution is 2.46. The topological polar surface area (TPSA) is 42.7 Å². The third-order valence-electron chi connectivity index (χ3n) is 5.83. The molecule has 0 saturated carbocycles. The lowest BCUT2D eigenvalue weighted by molar-refractivity contribution is 0.553. The van der Waals surface area contributed by atoms with Crippen LogP contribution in [0.25, 0.3) is 11.3 Å². The molecule has 0 spiro atoms. The molecule has 8 heteroatoms. The van der Waals surface area contributed by atoms with E-state index in [0.717, 1.165) is 47.6 Å². The fourth-order valence-corrected chi connectivity index (χ4v) is 4.75. The van der Waals surface area contributed by atoms with Crippen molar-refractivity contribution in [1.29, 1.82) is 0 Å². The maximum absolute atomic E-state index is 13.8. The van der Waals surface area contributed by atoms with Gasteiger partial charge in [0.05, 0.1) is 22.1 Å². The monoisotopic (exact) mass is 464 g/mol. The molecule has 30 heavy (non-hydrogen) atoms. The van der Waals surface area contributed by atoms with Crippen molar-refractivity contribution in [2.75, 3.05) is 0 Å². The molecule has 0 fully saturated rings. The summed E-state index contributed by atoms with van der Waals surface area (Å²) in [5.41, 5.74) is 5.16. The number of aromatic nitrogens is 3. The first kappa shape index (κ1) is 21.3. The summed E-state index contributed by atoms with van der Waals surface area (Å²) in [5.74, 6) is 0.508. The highest BCUT2D eigenvalue weighted by atomic mass is 35.5. The lowest BCUT2D eigenvalue weighted by atomic mass is 9.81. The van der Waals surface area contributed by atoms with Crippen molar-refractivity contribution >= 4 is 41.2 Å². The van der Waals surface area contributed by atoms with Crippen molar-refractivity contribution in [3.05, 3.63) is 82.2 Å². The fraction of sp³-hybridized carbons (Fsp3) is 0.273. The molecule has 0 saturated heterocycles. The quantitative estimate of drug-likeness (QED) is 0.487. The van der Waals surface area contributed by atoms with Crippen LogP contribution in [0, 0.1) is 5.82 Å². The Hall–Kier alpha value is -1.92. The second-order valence-corrected chi connectivity index (χ2v) is 8.67. The van der Waals surface area contributed by atoms with Crippen LogP contribution < -0.4 is 5.32 Å². The smallest absolute Gasteiger partial charge is 0.151 e. The van der Waals surface area contributed by atoms with E-state index < -0.39 is 4.87 Å². The summed E-state index contributed by atoms with van der Waals surface area (Å²) in [6.07, 6.45) is 6.02. The van der Waals surface area contributed by atoms with Crippen LogP contribution in [0.1, 0.15) is 41.8 Å². The molecule has 5 rings (SSSR count). The first-order valence-electron chi connectivity index (χ1n) is 9.61. The molecular weight excluding hydrogens is 446 g/mol. The Labute approximate surface area is 190 Å². The van der Waals surface area contributed by atoms with Crippen molar-refractivity contribution in [2.24, 2.45) is 0 Å². The van der Waals surface area contributed by atoms with Crippen molar-refractivity contribution in [3.63, 3.8) is 0 Å². The second-order valence-electron chi connectivity index (χ2n) is 7.56. The van der Waals surface area contributed by atoms with Crippen molar-refractivity contribution < 1.29 is 4.39 Å². The maximum atomic E-state index is 13.8. The standard InChI is InChI=1S/C22H19Cl2FN4.ClH/c23-21-17(2-1-3-18(21)25)14-6-8-22(24,9-7-14)16-4-5-19-15(10-16)11-26-12-20-28-27-13-29(19)20;/h1-6,10,13,26H,7-9,11-12H2;1H. The van der Waals surface area contributed by atoms with Gasteiger partial charge in [0.25, 0.3) is 0 Å². The Morgan fingerprint density at radius 3 is 2.83 bits per heavy atom. The van der Waals surface area contributed by atoms with Crippen LogP contribution in [0.5, 0.6) is 0 Å². The van der Waals surface area contributed by atoms with Gasteiger partial charge in [-0.2, -0.15) is 0 Å². The van der Waals surface area contributed by atoms with Gasteiger partial charge in [0, 0.05) is 6.54 Å². The van der Waals surface area contributed by atoms with Crippen molar-refractivity contribution in [1.82, 2.24) is 20.1 Å². The Bertz CT molecular complexity index is 1130. The molecular formula is C22H20Cl3FN4. The van der Waals surface area contributed by atoms with E-state index in [2.05, 4.69) is 39.8 Å². The van der Waals surface area contributed by atoms with Gasteiger partial charge in [0.15, 0.2) is 5.82 Å². The minimum absolute atomic E-state index is 0. The van der Waals surface area contributed by atoms with Gasteiger partial charge in [-0.3, -0.25) is 4.57 Å². The van der Waals surface area contributed by atoms with E-state index >= 15 is 0 Å². The number of hydrogen-bond acceptors (Lipinski definition) is 3. The van der Waals surface area contributed by atoms with Crippen molar-refractivity contribution in [3.8, 4) is 5.69 Å². The van der Waals surface area contributed by atoms with Gasteiger partial charge in [0.2, 0.25) is 0 Å². The predicted octanol–water partition coefficient (Wildman–Crippen LogP) is 5.79. The van der Waals surface area contributed by atoms with Gasteiger partial charge >= 0.3 is 0 Å². The van der Waals surface area contributed by atoms with E-state index in [4.69, 9.17) is 23.2 Å². The van der Waals surface area contributed by atoms with Crippen LogP contribution >= 0.6 is 35.6 Å². The van der Waals surface area contributed by atoms with Crippen LogP contribution in [0.15, 0.2) is 48.8 Å². The zero-order valence-electron chi connectivity index (χ0n) is 16.0. The van der Waals surface area contributed by atoms with E-state index in [-0.39, 0.29) is 23.2 Å². The molecule has 1 aliphatic carbocycles. The van der Waals surface area contributed by atoms with E-state index in [1.54, 1.807) is 12.4 Å². The van der Waals surface area contributed by atoms with Gasteiger partial charge in [-0.25, -0.2) is 4.39 Å². The average molecular weight is 466 g/mol. The van der Waals surface area contributed by atoms with Crippen molar-refractivity contribution in [2.45, 2.75) is 37.2 Å². The molecule has 2 aliphatic rings. The summed E-state index contributed by atoms with van der Waals surface area (Å²) in [6, 6.07) is 11.3. The number of nitrogens with one attached hydrogen (secondary N) is 1. The Balaban J connectivity index is 0.00000218. The molecule has 3 aromatic rings. The molecule has 2 aromatic carbocycles. The van der Waals surface area contributed by atoms with Crippen LogP contribution in [0.2, 0.25) is 5.02 Å². The summed E-state index contributed by atoms with van der Waals surface area (Å²) in [6.45, 7) is 1.43. The Morgan fingerprint density at radius 2 is 2.03 bits per heavy atom. The summed E-state index contributed by atoms with van der Waals surface area (Å²) < 4.78 is 15.8. The highest BCUT2D eigenvalue weighted by molar-refractivity contribution is 6.32. The lowest BCUT2D eigenvalue weighted by Crippen LogP contribution is -2.22. The number of rotatable bonds is 2. The van der Waals surface area contributed by atoms with Gasteiger partial charge in [-0.1, -0.05) is 41.9 Å². The number of nitrogens with zero attached hydrogens (tertiary/aromatic N) is 3. The minimum Gasteiger partial charge on any atom is -0.306 e. The number of hydrogen-bond donors (Lipinski definition) is 1. The van der Waals surface area contributed by atoms with E-state index in [1.807, 2.05) is 10.6 Å². The minimum atomic E-state index is -0.485. The van der Waals surface area contributed by atoms with Crippen LogP contribution in [-0.2, 0) is 18.0 Å². The first-order chi connectivity index (χ1) is 14.0. The Kier molecular flexibility index (Phi) is 5.90. The molecule has 1 N–H and O–H groups in total. The molecule has 156 valence electrons. The normalized spacial score (nSPS) is 20.4. The molecule has 1 atom stereocenters. The number of allylic oxidation sites excluding steroid dienone is 2. The zero-order chi connectivity index (χ0) is 20.0. The number of alkyl halides is 1. The summed E-state index contributed by atoms with van der Waals surface area (Å²) in [4.78, 5) is -0.485. The fourth-order valence-electron chi connectivity index (χ4n) is 4.21. The number of fused-ring (bicyclic) bond motifs is 3. The van der Waals surface area contributed by atoms with Crippen LogP contribution in [0.3, 0.4) is 0 Å². The number of halogens is 4. The summed E-state index contributed by atoms with van der Waals surface area (Å²) in [7, 11) is 0. The maximum Gasteiger partial charge on any atom is 0.151 e. The predicted molar refractivity (Wildman–Crippen MR) is 120 cm³/mol. The van der Waals surface area contributed by atoms with Gasteiger partial charge in [-0.15, -0.1) is 34.2 Å². The largest absolute Gasteiger partial charge is 0.306 e. The van der Waals surface area contributed by atoms with Crippen LogP contribution in [-0.4, -0.2) is 14.8 Å². The number of benzene rings is 2. The van der Waals surface area contributed by atoms with E-state index in [1.165, 1.54) is 11.6 Å². The van der Waals surface area contributed by atoms with Crippen LogP contribution in [0.4, 0.5) is 4.39 Å². The molecule has 2 heterocycles. The zero-order valence-corrected chi connectivity index (χ0v) is 18.4. The summed E-state index contributed by atoms with van der Waals surface area (Å²) >= 11 is 13.3. The average Bonchev–Trinajstić information content (AvgIpc) is 3.12. The third kappa shape index (κ3) is 3.65. The molecule has 4 nitrogen and oxygen atoms in total. The molecule has 0 amide bonds. The molecule has 1 aromatic heterocycles. The summed E-state index contributed by atoms with van der Waals surface area (Å²) in [5, 5.41) is 11.8. The third-order valence-corrected chi connectivity index (χ3v) is 6.78.